The van der Waals surface area contributed by atoms with Gasteiger partial charge < -0.3 is 0 Å². The molecule has 0 fully saturated rings. The minimum atomic E-state index is 0.442. The molecule has 0 atom stereocenters. The van der Waals surface area contributed by atoms with Crippen LogP contribution in [0.15, 0.2) is 30.5 Å². The van der Waals surface area contributed by atoms with E-state index in [0.717, 1.165) is 16.9 Å². The monoisotopic (exact) mass is 271 g/mol. The maximum atomic E-state index is 4.97. The predicted molar refractivity (Wildman–Crippen MR) is 75.8 cm³/mol. The van der Waals surface area contributed by atoms with Crippen LogP contribution in [0, 0.1) is 18.6 Å². The molecule has 0 spiro atoms. The highest BCUT2D eigenvalue weighted by Crippen LogP contribution is 2.21. The fraction of sp³-hybridized carbons (Fsp3) is 0.154. The summed E-state index contributed by atoms with van der Waals surface area (Å²) in [5.41, 5.74) is 4.20. The standard InChI is InChI=1S/C13H13N5S/c1-8-4-3-5-10(6-8)18-9(2)11(7-14-18)12-15-13(19)17-16-12/h3-7H,1-2H3,(H2,15,16,17,19). The van der Waals surface area contributed by atoms with Gasteiger partial charge in [-0.15, -0.1) is 0 Å². The van der Waals surface area contributed by atoms with Crippen molar-refractivity contribution in [3.63, 3.8) is 0 Å². The second-order valence-electron chi connectivity index (χ2n) is 4.41. The number of H-pyrrole nitrogens is 2. The summed E-state index contributed by atoms with van der Waals surface area (Å²) in [5, 5.41) is 10.2. The number of aryl methyl sites for hydroxylation is 1. The summed E-state index contributed by atoms with van der Waals surface area (Å²) in [6, 6.07) is 8.21. The second-order valence-corrected chi connectivity index (χ2v) is 4.80. The Balaban J connectivity index is 2.11. The van der Waals surface area contributed by atoms with Crippen LogP contribution in [0.2, 0.25) is 0 Å². The molecule has 0 saturated carbocycles. The number of nitrogens with zero attached hydrogens (tertiary/aromatic N) is 3. The Morgan fingerprint density at radius 3 is 2.74 bits per heavy atom. The molecule has 19 heavy (non-hydrogen) atoms. The minimum Gasteiger partial charge on any atom is -0.282 e. The van der Waals surface area contributed by atoms with E-state index < -0.39 is 0 Å². The number of hydrogen-bond acceptors (Lipinski definition) is 3. The fourth-order valence-electron chi connectivity index (χ4n) is 2.06. The van der Waals surface area contributed by atoms with Gasteiger partial charge in [-0.25, -0.2) is 4.68 Å². The van der Waals surface area contributed by atoms with Crippen LogP contribution in [0.3, 0.4) is 0 Å². The van der Waals surface area contributed by atoms with Crippen molar-refractivity contribution >= 4 is 12.2 Å². The minimum absolute atomic E-state index is 0.442. The zero-order chi connectivity index (χ0) is 13.4. The topological polar surface area (TPSA) is 62.3 Å². The van der Waals surface area contributed by atoms with Crippen molar-refractivity contribution in [3.05, 3.63) is 46.5 Å². The van der Waals surface area contributed by atoms with Gasteiger partial charge in [0.25, 0.3) is 0 Å². The fourth-order valence-corrected chi connectivity index (χ4v) is 2.20. The average molecular weight is 271 g/mol. The first-order valence-corrected chi connectivity index (χ1v) is 6.33. The predicted octanol–water partition coefficient (Wildman–Crippen LogP) is 2.94. The zero-order valence-corrected chi connectivity index (χ0v) is 11.5. The molecule has 96 valence electrons. The Kier molecular flexibility index (Phi) is 2.79. The number of hydrogen-bond donors (Lipinski definition) is 2. The van der Waals surface area contributed by atoms with Gasteiger partial charge in [0.1, 0.15) is 0 Å². The van der Waals surface area contributed by atoms with Crippen molar-refractivity contribution in [2.45, 2.75) is 13.8 Å². The molecule has 0 aliphatic carbocycles. The van der Waals surface area contributed by atoms with E-state index >= 15 is 0 Å². The Morgan fingerprint density at radius 2 is 2.05 bits per heavy atom. The summed E-state index contributed by atoms with van der Waals surface area (Å²) < 4.78 is 2.34. The summed E-state index contributed by atoms with van der Waals surface area (Å²) in [6.07, 6.45) is 1.79. The van der Waals surface area contributed by atoms with Crippen LogP contribution >= 0.6 is 12.2 Å². The van der Waals surface area contributed by atoms with Gasteiger partial charge in [-0.3, -0.25) is 10.2 Å². The van der Waals surface area contributed by atoms with Crippen LogP contribution in [0.4, 0.5) is 0 Å². The highest BCUT2D eigenvalue weighted by atomic mass is 32.1. The largest absolute Gasteiger partial charge is 0.282 e. The SMILES string of the molecule is Cc1cccc(-n2ncc(-c3nc(=S)[nH][nH]3)c2C)c1. The van der Waals surface area contributed by atoms with Crippen molar-refractivity contribution in [1.82, 2.24) is 25.0 Å². The summed E-state index contributed by atoms with van der Waals surface area (Å²) in [5.74, 6) is 0.710. The molecule has 2 aromatic heterocycles. The highest BCUT2D eigenvalue weighted by molar-refractivity contribution is 7.71. The van der Waals surface area contributed by atoms with Gasteiger partial charge in [-0.05, 0) is 43.8 Å². The first-order chi connectivity index (χ1) is 9.15. The van der Waals surface area contributed by atoms with Gasteiger partial charge in [0.05, 0.1) is 23.1 Å². The van der Waals surface area contributed by atoms with E-state index in [1.54, 1.807) is 6.20 Å². The number of rotatable bonds is 2. The number of aromatic amines is 2. The van der Waals surface area contributed by atoms with Crippen LogP contribution in [-0.4, -0.2) is 25.0 Å². The molecule has 0 unspecified atom stereocenters. The summed E-state index contributed by atoms with van der Waals surface area (Å²) >= 11 is 4.97. The third kappa shape index (κ3) is 2.10. The lowest BCUT2D eigenvalue weighted by Crippen LogP contribution is -1.99. The molecule has 6 heteroatoms. The third-order valence-electron chi connectivity index (χ3n) is 3.01. The summed E-state index contributed by atoms with van der Waals surface area (Å²) in [6.45, 7) is 4.07. The van der Waals surface area contributed by atoms with Gasteiger partial charge in [-0.1, -0.05) is 12.1 Å². The average Bonchev–Trinajstić information content (AvgIpc) is 2.95. The lowest BCUT2D eigenvalue weighted by atomic mass is 10.2. The Labute approximate surface area is 115 Å². The number of aromatic nitrogens is 5. The first kappa shape index (κ1) is 11.9. The normalized spacial score (nSPS) is 10.8. The van der Waals surface area contributed by atoms with E-state index in [2.05, 4.69) is 39.3 Å². The van der Waals surface area contributed by atoms with Gasteiger partial charge in [0.2, 0.25) is 4.77 Å². The van der Waals surface area contributed by atoms with Crippen molar-refractivity contribution < 1.29 is 0 Å². The van der Waals surface area contributed by atoms with Gasteiger partial charge in [0, 0.05) is 0 Å². The first-order valence-electron chi connectivity index (χ1n) is 5.92. The Bertz CT molecular complexity index is 780. The molecular formula is C13H13N5S. The second kappa shape index (κ2) is 4.47. The lowest BCUT2D eigenvalue weighted by molar-refractivity contribution is 0.846. The molecule has 0 bridgehead atoms. The van der Waals surface area contributed by atoms with Gasteiger partial charge >= 0.3 is 0 Å². The van der Waals surface area contributed by atoms with E-state index in [0.29, 0.717) is 10.6 Å². The van der Waals surface area contributed by atoms with Crippen molar-refractivity contribution in [3.8, 4) is 17.1 Å². The van der Waals surface area contributed by atoms with Crippen LogP contribution in [0.1, 0.15) is 11.3 Å². The molecule has 0 radical (unpaired) electrons. The molecule has 2 heterocycles. The van der Waals surface area contributed by atoms with E-state index in [-0.39, 0.29) is 0 Å². The maximum absolute atomic E-state index is 4.97. The molecule has 0 amide bonds. The highest BCUT2D eigenvalue weighted by Gasteiger charge is 2.12. The maximum Gasteiger partial charge on any atom is 0.213 e. The van der Waals surface area contributed by atoms with E-state index in [1.165, 1.54) is 5.56 Å². The molecule has 1 aromatic carbocycles. The molecule has 0 aliphatic heterocycles. The smallest absolute Gasteiger partial charge is 0.213 e. The number of benzene rings is 1. The van der Waals surface area contributed by atoms with E-state index in [1.807, 2.05) is 23.7 Å². The molecule has 0 saturated heterocycles. The van der Waals surface area contributed by atoms with Crippen molar-refractivity contribution in [1.29, 1.82) is 0 Å². The van der Waals surface area contributed by atoms with Crippen LogP contribution < -0.4 is 0 Å². The van der Waals surface area contributed by atoms with Crippen LogP contribution in [-0.2, 0) is 0 Å². The zero-order valence-electron chi connectivity index (χ0n) is 10.6. The van der Waals surface area contributed by atoms with Gasteiger partial charge in [0.15, 0.2) is 5.82 Å². The molecule has 3 aromatic rings. The van der Waals surface area contributed by atoms with E-state index in [4.69, 9.17) is 12.2 Å². The molecule has 2 N–H and O–H groups in total. The third-order valence-corrected chi connectivity index (χ3v) is 3.21. The summed E-state index contributed by atoms with van der Waals surface area (Å²) in [7, 11) is 0. The molecule has 0 aliphatic rings. The Morgan fingerprint density at radius 1 is 1.21 bits per heavy atom. The van der Waals surface area contributed by atoms with Crippen LogP contribution in [0.5, 0.6) is 0 Å². The van der Waals surface area contributed by atoms with E-state index in [9.17, 15) is 0 Å². The number of nitrogens with one attached hydrogen (secondary N) is 2. The molecule has 3 rings (SSSR count). The molecular weight excluding hydrogens is 258 g/mol. The quantitative estimate of drug-likeness (QED) is 0.704. The Hall–Kier alpha value is -2.21. The van der Waals surface area contributed by atoms with Crippen molar-refractivity contribution in [2.75, 3.05) is 0 Å². The van der Waals surface area contributed by atoms with Gasteiger partial charge in [-0.2, -0.15) is 10.1 Å². The lowest BCUT2D eigenvalue weighted by Gasteiger charge is -2.05. The van der Waals surface area contributed by atoms with Crippen LogP contribution in [0.25, 0.3) is 17.1 Å². The summed E-state index contributed by atoms with van der Waals surface area (Å²) in [4.78, 5) is 4.22. The van der Waals surface area contributed by atoms with Crippen molar-refractivity contribution in [2.24, 2.45) is 0 Å². The molecule has 5 nitrogen and oxygen atoms in total.